The van der Waals surface area contributed by atoms with E-state index in [9.17, 15) is 4.39 Å². The van der Waals surface area contributed by atoms with E-state index in [4.69, 9.17) is 0 Å². The second-order valence-electron chi connectivity index (χ2n) is 4.51. The zero-order chi connectivity index (χ0) is 12.7. The Morgan fingerprint density at radius 2 is 2.06 bits per heavy atom. The average molecular weight is 238 g/mol. The summed E-state index contributed by atoms with van der Waals surface area (Å²) in [6.07, 6.45) is 1.16. The van der Waals surface area contributed by atoms with Crippen LogP contribution in [-0.2, 0) is 6.54 Å². The number of rotatable bonds is 7. The lowest BCUT2D eigenvalue weighted by Crippen LogP contribution is -2.34. The molecule has 1 aromatic carbocycles. The second kappa shape index (κ2) is 7.41. The summed E-state index contributed by atoms with van der Waals surface area (Å²) >= 11 is 0. The number of hydrogen-bond donors (Lipinski definition) is 1. The van der Waals surface area contributed by atoms with Gasteiger partial charge in [-0.2, -0.15) is 0 Å². The topological polar surface area (TPSA) is 15.3 Å². The molecule has 96 valence electrons. The van der Waals surface area contributed by atoms with E-state index in [-0.39, 0.29) is 5.82 Å². The Bertz CT molecular complexity index is 328. The highest BCUT2D eigenvalue weighted by atomic mass is 19.1. The van der Waals surface area contributed by atoms with Gasteiger partial charge < -0.3 is 10.2 Å². The summed E-state index contributed by atoms with van der Waals surface area (Å²) in [7, 11) is 2.12. The highest BCUT2D eigenvalue weighted by Crippen LogP contribution is 2.05. The molecule has 2 nitrogen and oxygen atoms in total. The van der Waals surface area contributed by atoms with E-state index >= 15 is 0 Å². The SMILES string of the molecule is CCC(C)N(C)CCNCc1ccccc1F. The minimum atomic E-state index is -0.129. The summed E-state index contributed by atoms with van der Waals surface area (Å²) in [4.78, 5) is 2.31. The Morgan fingerprint density at radius 1 is 1.35 bits per heavy atom. The predicted octanol–water partition coefficient (Wildman–Crippen LogP) is 2.65. The maximum atomic E-state index is 13.3. The number of nitrogens with zero attached hydrogens (tertiary/aromatic N) is 1. The lowest BCUT2D eigenvalue weighted by Gasteiger charge is -2.23. The van der Waals surface area contributed by atoms with Gasteiger partial charge in [-0.3, -0.25) is 0 Å². The second-order valence-corrected chi connectivity index (χ2v) is 4.51. The van der Waals surface area contributed by atoms with Crippen molar-refractivity contribution in [1.82, 2.24) is 10.2 Å². The van der Waals surface area contributed by atoms with Crippen LogP contribution in [0.3, 0.4) is 0 Å². The molecular weight excluding hydrogens is 215 g/mol. The first kappa shape index (κ1) is 14.1. The van der Waals surface area contributed by atoms with Gasteiger partial charge in [-0.25, -0.2) is 4.39 Å². The number of likely N-dealkylation sites (N-methyl/N-ethyl adjacent to an activating group) is 1. The van der Waals surface area contributed by atoms with Crippen molar-refractivity contribution in [3.63, 3.8) is 0 Å². The van der Waals surface area contributed by atoms with Gasteiger partial charge in [0, 0.05) is 31.2 Å². The molecular formula is C14H23FN2. The molecule has 1 rings (SSSR count). The zero-order valence-corrected chi connectivity index (χ0v) is 11.0. The van der Waals surface area contributed by atoms with Crippen LogP contribution in [0.2, 0.25) is 0 Å². The van der Waals surface area contributed by atoms with Crippen LogP contribution in [0.15, 0.2) is 24.3 Å². The third kappa shape index (κ3) is 4.84. The van der Waals surface area contributed by atoms with Crippen LogP contribution in [0.5, 0.6) is 0 Å². The zero-order valence-electron chi connectivity index (χ0n) is 11.0. The van der Waals surface area contributed by atoms with Crippen LogP contribution in [0.1, 0.15) is 25.8 Å². The summed E-state index contributed by atoms with van der Waals surface area (Å²) in [6.45, 7) is 6.88. The fourth-order valence-electron chi connectivity index (χ4n) is 1.65. The molecule has 1 N–H and O–H groups in total. The van der Waals surface area contributed by atoms with Crippen LogP contribution in [-0.4, -0.2) is 31.1 Å². The number of halogens is 1. The van der Waals surface area contributed by atoms with Crippen LogP contribution >= 0.6 is 0 Å². The standard InChI is InChI=1S/C14H23FN2/c1-4-12(2)17(3)10-9-16-11-13-7-5-6-8-14(13)15/h5-8,12,16H,4,9-11H2,1-3H3. The maximum Gasteiger partial charge on any atom is 0.127 e. The Morgan fingerprint density at radius 3 is 2.71 bits per heavy atom. The molecule has 0 spiro atoms. The van der Waals surface area contributed by atoms with Gasteiger partial charge in [0.1, 0.15) is 5.82 Å². The summed E-state index contributed by atoms with van der Waals surface area (Å²) in [6, 6.07) is 7.51. The molecule has 0 bridgehead atoms. The van der Waals surface area contributed by atoms with E-state index in [0.29, 0.717) is 12.6 Å². The highest BCUT2D eigenvalue weighted by Gasteiger charge is 2.05. The molecule has 0 saturated carbocycles. The van der Waals surface area contributed by atoms with Crippen molar-refractivity contribution in [2.75, 3.05) is 20.1 Å². The molecule has 0 aromatic heterocycles. The molecule has 0 aliphatic carbocycles. The van der Waals surface area contributed by atoms with Crippen molar-refractivity contribution >= 4 is 0 Å². The van der Waals surface area contributed by atoms with Gasteiger partial charge in [-0.1, -0.05) is 25.1 Å². The minimum absolute atomic E-state index is 0.129. The monoisotopic (exact) mass is 238 g/mol. The molecule has 0 saturated heterocycles. The lowest BCUT2D eigenvalue weighted by atomic mass is 10.2. The third-order valence-electron chi connectivity index (χ3n) is 3.26. The van der Waals surface area contributed by atoms with E-state index in [1.54, 1.807) is 6.07 Å². The van der Waals surface area contributed by atoms with Crippen LogP contribution in [0.25, 0.3) is 0 Å². The lowest BCUT2D eigenvalue weighted by molar-refractivity contribution is 0.251. The molecule has 0 aliphatic rings. The van der Waals surface area contributed by atoms with Crippen LogP contribution < -0.4 is 5.32 Å². The molecule has 1 unspecified atom stereocenters. The van der Waals surface area contributed by atoms with E-state index < -0.39 is 0 Å². The predicted molar refractivity (Wildman–Crippen MR) is 70.5 cm³/mol. The van der Waals surface area contributed by atoms with Crippen molar-refractivity contribution in [1.29, 1.82) is 0 Å². The van der Waals surface area contributed by atoms with E-state index in [0.717, 1.165) is 25.1 Å². The fourth-order valence-corrected chi connectivity index (χ4v) is 1.65. The highest BCUT2D eigenvalue weighted by molar-refractivity contribution is 5.16. The average Bonchev–Trinajstić information content (AvgIpc) is 2.35. The largest absolute Gasteiger partial charge is 0.311 e. The van der Waals surface area contributed by atoms with Crippen LogP contribution in [0, 0.1) is 5.82 Å². The number of hydrogen-bond acceptors (Lipinski definition) is 2. The summed E-state index contributed by atoms with van der Waals surface area (Å²) in [5.74, 6) is -0.129. The first-order chi connectivity index (χ1) is 8.15. The van der Waals surface area contributed by atoms with E-state index in [2.05, 4.69) is 31.1 Å². The molecule has 3 heteroatoms. The summed E-state index contributed by atoms with van der Waals surface area (Å²) in [5, 5.41) is 3.27. The van der Waals surface area contributed by atoms with Gasteiger partial charge in [-0.15, -0.1) is 0 Å². The van der Waals surface area contributed by atoms with Gasteiger partial charge in [0.05, 0.1) is 0 Å². The quantitative estimate of drug-likeness (QED) is 0.735. The molecule has 0 amide bonds. The third-order valence-corrected chi connectivity index (χ3v) is 3.26. The first-order valence-corrected chi connectivity index (χ1v) is 6.29. The maximum absolute atomic E-state index is 13.3. The van der Waals surface area contributed by atoms with Crippen molar-refractivity contribution in [3.05, 3.63) is 35.6 Å². The van der Waals surface area contributed by atoms with E-state index in [1.165, 1.54) is 6.07 Å². The number of benzene rings is 1. The van der Waals surface area contributed by atoms with Crippen molar-refractivity contribution in [2.45, 2.75) is 32.9 Å². The molecule has 0 heterocycles. The van der Waals surface area contributed by atoms with Crippen molar-refractivity contribution in [2.24, 2.45) is 0 Å². The van der Waals surface area contributed by atoms with Gasteiger partial charge >= 0.3 is 0 Å². The first-order valence-electron chi connectivity index (χ1n) is 6.29. The number of nitrogens with one attached hydrogen (secondary N) is 1. The Balaban J connectivity index is 2.23. The molecule has 17 heavy (non-hydrogen) atoms. The van der Waals surface area contributed by atoms with Gasteiger partial charge in [0.15, 0.2) is 0 Å². The van der Waals surface area contributed by atoms with Crippen LogP contribution in [0.4, 0.5) is 4.39 Å². The van der Waals surface area contributed by atoms with Crippen molar-refractivity contribution in [3.8, 4) is 0 Å². The Kier molecular flexibility index (Phi) is 6.16. The minimum Gasteiger partial charge on any atom is -0.311 e. The molecule has 1 atom stereocenters. The van der Waals surface area contributed by atoms with Crippen molar-refractivity contribution < 1.29 is 4.39 Å². The van der Waals surface area contributed by atoms with E-state index in [1.807, 2.05) is 12.1 Å². The molecule has 0 fully saturated rings. The molecule has 1 aromatic rings. The molecule has 0 radical (unpaired) electrons. The smallest absolute Gasteiger partial charge is 0.127 e. The van der Waals surface area contributed by atoms with Gasteiger partial charge in [0.25, 0.3) is 0 Å². The van der Waals surface area contributed by atoms with Gasteiger partial charge in [0.2, 0.25) is 0 Å². The molecule has 0 aliphatic heterocycles. The Labute approximate surface area is 104 Å². The Hall–Kier alpha value is -0.930. The van der Waals surface area contributed by atoms with Gasteiger partial charge in [-0.05, 0) is 26.5 Å². The summed E-state index contributed by atoms with van der Waals surface area (Å²) < 4.78 is 13.3. The summed E-state index contributed by atoms with van der Waals surface area (Å²) in [5.41, 5.74) is 0.735. The fraction of sp³-hybridized carbons (Fsp3) is 0.571. The normalized spacial score (nSPS) is 13.0.